The minimum Gasteiger partial charge on any atom is -0.373 e. The number of hydrogen-bond donors (Lipinski definition) is 2. The minimum atomic E-state index is 0.397. The summed E-state index contributed by atoms with van der Waals surface area (Å²) < 4.78 is 5.87. The van der Waals surface area contributed by atoms with Gasteiger partial charge >= 0.3 is 0 Å². The number of guanidine groups is 1. The summed E-state index contributed by atoms with van der Waals surface area (Å²) >= 11 is 0. The lowest BCUT2D eigenvalue weighted by atomic mass is 9.96. The van der Waals surface area contributed by atoms with Crippen molar-refractivity contribution in [2.24, 2.45) is 4.99 Å². The first-order valence-corrected chi connectivity index (χ1v) is 8.43. The molecule has 2 rings (SSSR count). The quantitative estimate of drug-likeness (QED) is 0.425. The van der Waals surface area contributed by atoms with Gasteiger partial charge in [0.15, 0.2) is 5.96 Å². The molecule has 0 amide bonds. The molecule has 0 spiro atoms. The molecule has 0 saturated carbocycles. The van der Waals surface area contributed by atoms with Crippen molar-refractivity contribution in [3.05, 3.63) is 0 Å². The summed E-state index contributed by atoms with van der Waals surface area (Å²) in [7, 11) is 4.03. The van der Waals surface area contributed by atoms with E-state index in [1.807, 2.05) is 7.05 Å². The fourth-order valence-corrected chi connectivity index (χ4v) is 3.11. The Morgan fingerprint density at radius 3 is 2.71 bits per heavy atom. The van der Waals surface area contributed by atoms with Gasteiger partial charge in [0.25, 0.3) is 0 Å². The number of nitrogens with zero attached hydrogens (tertiary/aromatic N) is 2. The van der Waals surface area contributed by atoms with E-state index in [2.05, 4.69) is 41.4 Å². The molecule has 0 aromatic heterocycles. The zero-order valence-corrected chi connectivity index (χ0v) is 14.1. The summed E-state index contributed by atoms with van der Waals surface area (Å²) in [5.74, 6) is 0.924. The van der Waals surface area contributed by atoms with Gasteiger partial charge in [0.2, 0.25) is 0 Å². The molecule has 2 bridgehead atoms. The smallest absolute Gasteiger partial charge is 0.191 e. The Kier molecular flexibility index (Phi) is 6.30. The molecule has 0 aliphatic carbocycles. The summed E-state index contributed by atoms with van der Waals surface area (Å²) in [6, 6.07) is 1.08. The van der Waals surface area contributed by atoms with Crippen LogP contribution in [0.25, 0.3) is 0 Å². The van der Waals surface area contributed by atoms with Crippen LogP contribution in [0.15, 0.2) is 4.99 Å². The molecule has 0 aromatic carbocycles. The van der Waals surface area contributed by atoms with E-state index < -0.39 is 0 Å². The maximum absolute atomic E-state index is 5.87. The monoisotopic (exact) mass is 296 g/mol. The molecule has 3 unspecified atom stereocenters. The molecule has 122 valence electrons. The average Bonchev–Trinajstić information content (AvgIpc) is 3.07. The maximum atomic E-state index is 5.87. The third kappa shape index (κ3) is 4.85. The minimum absolute atomic E-state index is 0.397. The molecular formula is C16H32N4O. The predicted octanol–water partition coefficient (Wildman–Crippen LogP) is 1.59. The van der Waals surface area contributed by atoms with Crippen molar-refractivity contribution in [3.8, 4) is 0 Å². The van der Waals surface area contributed by atoms with Gasteiger partial charge in [-0.15, -0.1) is 0 Å². The maximum Gasteiger partial charge on any atom is 0.191 e. The summed E-state index contributed by atoms with van der Waals surface area (Å²) in [4.78, 5) is 6.71. The number of unbranched alkanes of at least 4 members (excludes halogenated alkanes) is 1. The van der Waals surface area contributed by atoms with Crippen molar-refractivity contribution < 1.29 is 4.74 Å². The molecule has 5 nitrogen and oxygen atoms in total. The van der Waals surface area contributed by atoms with E-state index >= 15 is 0 Å². The van der Waals surface area contributed by atoms with Gasteiger partial charge in [0.05, 0.1) is 18.2 Å². The Balaban J connectivity index is 1.58. The summed E-state index contributed by atoms with van der Waals surface area (Å²) in [6.45, 7) is 6.61. The van der Waals surface area contributed by atoms with Crippen molar-refractivity contribution in [2.75, 3.05) is 27.2 Å². The lowest BCUT2D eigenvalue weighted by Crippen LogP contribution is -2.47. The van der Waals surface area contributed by atoms with E-state index in [1.54, 1.807) is 0 Å². The molecular weight excluding hydrogens is 264 g/mol. The zero-order valence-electron chi connectivity index (χ0n) is 14.1. The number of rotatable bonds is 7. The van der Waals surface area contributed by atoms with Crippen LogP contribution in [0.1, 0.15) is 46.0 Å². The first kappa shape index (κ1) is 16.6. The van der Waals surface area contributed by atoms with Crippen LogP contribution >= 0.6 is 0 Å². The highest BCUT2D eigenvalue weighted by atomic mass is 16.5. The lowest BCUT2D eigenvalue weighted by molar-refractivity contribution is 0.0992. The van der Waals surface area contributed by atoms with Crippen LogP contribution in [0.5, 0.6) is 0 Å². The molecule has 2 fully saturated rings. The molecule has 5 heteroatoms. The number of aliphatic imine (C=N–C) groups is 1. The average molecular weight is 296 g/mol. The van der Waals surface area contributed by atoms with Crippen molar-refractivity contribution in [1.82, 2.24) is 15.5 Å². The van der Waals surface area contributed by atoms with E-state index in [1.165, 1.54) is 25.7 Å². The van der Waals surface area contributed by atoms with Gasteiger partial charge in [-0.25, -0.2) is 0 Å². The van der Waals surface area contributed by atoms with Crippen molar-refractivity contribution >= 4 is 5.96 Å². The second-order valence-electron chi connectivity index (χ2n) is 6.64. The van der Waals surface area contributed by atoms with Gasteiger partial charge in [-0.3, -0.25) is 4.99 Å². The lowest BCUT2D eigenvalue weighted by Gasteiger charge is -2.23. The Bertz CT molecular complexity index is 345. The van der Waals surface area contributed by atoms with Crippen LogP contribution in [-0.2, 0) is 4.74 Å². The van der Waals surface area contributed by atoms with Crippen molar-refractivity contribution in [1.29, 1.82) is 0 Å². The molecule has 2 N–H and O–H groups in total. The normalized spacial score (nSPS) is 28.7. The van der Waals surface area contributed by atoms with Gasteiger partial charge in [0, 0.05) is 19.6 Å². The van der Waals surface area contributed by atoms with Crippen LogP contribution < -0.4 is 10.6 Å². The molecule has 0 radical (unpaired) electrons. The van der Waals surface area contributed by atoms with Gasteiger partial charge in [0.1, 0.15) is 0 Å². The molecule has 2 aliphatic heterocycles. The van der Waals surface area contributed by atoms with E-state index in [9.17, 15) is 0 Å². The highest BCUT2D eigenvalue weighted by molar-refractivity contribution is 5.80. The second-order valence-corrected chi connectivity index (χ2v) is 6.64. The summed E-state index contributed by atoms with van der Waals surface area (Å²) in [6.07, 6.45) is 6.83. The molecule has 2 saturated heterocycles. The fourth-order valence-electron chi connectivity index (χ4n) is 3.11. The van der Waals surface area contributed by atoms with Gasteiger partial charge < -0.3 is 20.3 Å². The molecule has 2 aliphatic rings. The molecule has 0 aromatic rings. The van der Waals surface area contributed by atoms with Gasteiger partial charge in [-0.05, 0) is 59.5 Å². The van der Waals surface area contributed by atoms with Crippen molar-refractivity contribution in [2.45, 2.75) is 70.2 Å². The van der Waals surface area contributed by atoms with E-state index in [-0.39, 0.29) is 0 Å². The fraction of sp³-hybridized carbons (Fsp3) is 0.938. The largest absolute Gasteiger partial charge is 0.373 e. The van der Waals surface area contributed by atoms with Crippen LogP contribution in [-0.4, -0.2) is 62.3 Å². The van der Waals surface area contributed by atoms with Gasteiger partial charge in [-0.1, -0.05) is 0 Å². The number of fused-ring (bicyclic) bond motifs is 2. The summed E-state index contributed by atoms with van der Waals surface area (Å²) in [5.41, 5.74) is 0. The first-order chi connectivity index (χ1) is 10.1. The standard InChI is InChI=1S/C16H32N4O/c1-12(2)20(4)10-6-5-9-18-16(17-3)19-14-11-13-7-8-15(14)21-13/h12-15H,5-11H2,1-4H3,(H2,17,18,19). The van der Waals surface area contributed by atoms with Crippen LogP contribution in [0.3, 0.4) is 0 Å². The third-order valence-electron chi connectivity index (χ3n) is 4.76. The highest BCUT2D eigenvalue weighted by Gasteiger charge is 2.40. The third-order valence-corrected chi connectivity index (χ3v) is 4.76. The topological polar surface area (TPSA) is 48.9 Å². The molecule has 2 heterocycles. The zero-order chi connectivity index (χ0) is 15.2. The van der Waals surface area contributed by atoms with Gasteiger partial charge in [-0.2, -0.15) is 0 Å². The molecule has 3 atom stereocenters. The van der Waals surface area contributed by atoms with Crippen LogP contribution in [0, 0.1) is 0 Å². The van der Waals surface area contributed by atoms with Crippen molar-refractivity contribution in [3.63, 3.8) is 0 Å². The summed E-state index contributed by atoms with van der Waals surface area (Å²) in [5, 5.41) is 6.94. The first-order valence-electron chi connectivity index (χ1n) is 8.43. The van der Waals surface area contributed by atoms with Crippen LogP contribution in [0.2, 0.25) is 0 Å². The SMILES string of the molecule is CN=C(NCCCCN(C)C(C)C)NC1CC2CCC1O2. The van der Waals surface area contributed by atoms with E-state index in [0.29, 0.717) is 24.3 Å². The second kappa shape index (κ2) is 7.99. The van der Waals surface area contributed by atoms with Crippen LogP contribution in [0.4, 0.5) is 0 Å². The Labute approximate surface area is 129 Å². The number of hydrogen-bond acceptors (Lipinski definition) is 3. The Hall–Kier alpha value is -0.810. The predicted molar refractivity (Wildman–Crippen MR) is 87.8 cm³/mol. The Morgan fingerprint density at radius 2 is 2.14 bits per heavy atom. The van der Waals surface area contributed by atoms with E-state index in [0.717, 1.165) is 25.5 Å². The van der Waals surface area contributed by atoms with E-state index in [4.69, 9.17) is 4.74 Å². The number of ether oxygens (including phenoxy) is 1. The Morgan fingerprint density at radius 1 is 1.33 bits per heavy atom. The highest BCUT2D eigenvalue weighted by Crippen LogP contribution is 2.34. The number of nitrogens with one attached hydrogen (secondary N) is 2. The molecule has 21 heavy (non-hydrogen) atoms.